The van der Waals surface area contributed by atoms with Crippen molar-refractivity contribution >= 4 is 6.09 Å². The third-order valence-corrected chi connectivity index (χ3v) is 6.87. The molecule has 186 valence electrons. The van der Waals surface area contributed by atoms with Gasteiger partial charge in [0.15, 0.2) is 11.5 Å². The summed E-state index contributed by atoms with van der Waals surface area (Å²) in [5, 5.41) is 3.09. The highest BCUT2D eigenvalue weighted by Crippen LogP contribution is 2.32. The summed E-state index contributed by atoms with van der Waals surface area (Å²) in [5.74, 6) is 2.41. The first kappa shape index (κ1) is 25.6. The van der Waals surface area contributed by atoms with Gasteiger partial charge in [-0.25, -0.2) is 4.79 Å². The van der Waals surface area contributed by atoms with Crippen molar-refractivity contribution < 1.29 is 23.7 Å². The van der Waals surface area contributed by atoms with Gasteiger partial charge in [-0.15, -0.1) is 0 Å². The number of nitrogens with zero attached hydrogens (tertiary/aromatic N) is 1. The number of carbonyl (C=O) groups excluding carboxylic acids is 1. The van der Waals surface area contributed by atoms with Gasteiger partial charge >= 0.3 is 6.09 Å². The standard InChI is InChI=1S/C26H42N2O5/c1-19(2)21(15-20-9-10-23(31-4)24(16-20)32-14-8-13-30-3)17-22-25(33-26(29)27-22)18-28-11-6-5-7-12-28/h9-10,16,19,21-22,25H,5-8,11-15,17-18H2,1-4H3,(H,27,29)/t21-,22-,25-/m0/s1. The number of cyclic esters (lactones) is 1. The highest BCUT2D eigenvalue weighted by Gasteiger charge is 2.37. The van der Waals surface area contributed by atoms with Crippen LogP contribution in [0, 0.1) is 11.8 Å². The molecule has 1 aromatic carbocycles. The molecule has 3 rings (SSSR count). The molecule has 0 radical (unpaired) electrons. The summed E-state index contributed by atoms with van der Waals surface area (Å²) in [4.78, 5) is 14.5. The van der Waals surface area contributed by atoms with E-state index < -0.39 is 0 Å². The topological polar surface area (TPSA) is 69.3 Å². The second kappa shape index (κ2) is 13.0. The van der Waals surface area contributed by atoms with Gasteiger partial charge in [-0.05, 0) is 68.3 Å². The van der Waals surface area contributed by atoms with Crippen molar-refractivity contribution in [2.24, 2.45) is 11.8 Å². The maximum absolute atomic E-state index is 12.1. The summed E-state index contributed by atoms with van der Waals surface area (Å²) in [6, 6.07) is 6.24. The number of methoxy groups -OCH3 is 2. The van der Waals surface area contributed by atoms with E-state index in [-0.39, 0.29) is 18.2 Å². The first-order valence-electron chi connectivity index (χ1n) is 12.5. The molecule has 1 amide bonds. The van der Waals surface area contributed by atoms with E-state index in [0.29, 0.717) is 25.0 Å². The molecule has 0 aromatic heterocycles. The Bertz CT molecular complexity index is 735. The highest BCUT2D eigenvalue weighted by molar-refractivity contribution is 5.70. The molecular weight excluding hydrogens is 420 g/mol. The van der Waals surface area contributed by atoms with Crippen molar-refractivity contribution in [2.45, 2.75) is 64.5 Å². The molecule has 33 heavy (non-hydrogen) atoms. The number of hydrogen-bond acceptors (Lipinski definition) is 6. The maximum atomic E-state index is 12.1. The van der Waals surface area contributed by atoms with E-state index in [4.69, 9.17) is 18.9 Å². The van der Waals surface area contributed by atoms with Crippen LogP contribution in [0.25, 0.3) is 0 Å². The second-order valence-electron chi connectivity index (χ2n) is 9.68. The van der Waals surface area contributed by atoms with Crippen LogP contribution < -0.4 is 14.8 Å². The Morgan fingerprint density at radius 1 is 1.12 bits per heavy atom. The zero-order valence-corrected chi connectivity index (χ0v) is 20.8. The van der Waals surface area contributed by atoms with Gasteiger partial charge in [0.1, 0.15) is 6.10 Å². The molecule has 1 N–H and O–H groups in total. The van der Waals surface area contributed by atoms with Crippen LogP contribution >= 0.6 is 0 Å². The molecule has 1 aromatic rings. The van der Waals surface area contributed by atoms with Crippen LogP contribution in [0.2, 0.25) is 0 Å². The minimum absolute atomic E-state index is 0.0508. The van der Waals surface area contributed by atoms with Gasteiger partial charge in [0.25, 0.3) is 0 Å². The number of hydrogen-bond donors (Lipinski definition) is 1. The molecule has 2 aliphatic rings. The van der Waals surface area contributed by atoms with Crippen molar-refractivity contribution in [1.29, 1.82) is 0 Å². The first-order valence-corrected chi connectivity index (χ1v) is 12.5. The molecule has 2 heterocycles. The quantitative estimate of drug-likeness (QED) is 0.441. The fourth-order valence-corrected chi connectivity index (χ4v) is 4.84. The van der Waals surface area contributed by atoms with E-state index in [9.17, 15) is 4.79 Å². The van der Waals surface area contributed by atoms with Crippen LogP contribution in [0.5, 0.6) is 11.5 Å². The Labute approximate surface area is 199 Å². The number of ether oxygens (including phenoxy) is 4. The summed E-state index contributed by atoms with van der Waals surface area (Å²) in [5.41, 5.74) is 1.22. The van der Waals surface area contributed by atoms with E-state index in [2.05, 4.69) is 36.2 Å². The molecule has 7 nitrogen and oxygen atoms in total. The Hall–Kier alpha value is -1.99. The van der Waals surface area contributed by atoms with Gasteiger partial charge in [0, 0.05) is 26.7 Å². The van der Waals surface area contributed by atoms with Gasteiger partial charge in [-0.1, -0.05) is 26.3 Å². The van der Waals surface area contributed by atoms with E-state index in [0.717, 1.165) is 50.4 Å². The molecule has 0 spiro atoms. The third kappa shape index (κ3) is 7.78. The molecule has 0 unspecified atom stereocenters. The zero-order chi connectivity index (χ0) is 23.6. The predicted molar refractivity (Wildman–Crippen MR) is 129 cm³/mol. The summed E-state index contributed by atoms with van der Waals surface area (Å²) in [7, 11) is 3.36. The summed E-state index contributed by atoms with van der Waals surface area (Å²) >= 11 is 0. The minimum atomic E-state index is -0.277. The minimum Gasteiger partial charge on any atom is -0.493 e. The maximum Gasteiger partial charge on any atom is 0.407 e. The van der Waals surface area contributed by atoms with Crippen LogP contribution in [0.15, 0.2) is 18.2 Å². The molecule has 2 saturated heterocycles. The fourth-order valence-electron chi connectivity index (χ4n) is 4.84. The van der Waals surface area contributed by atoms with Crippen molar-refractivity contribution in [3.63, 3.8) is 0 Å². The largest absolute Gasteiger partial charge is 0.493 e. The Morgan fingerprint density at radius 3 is 2.61 bits per heavy atom. The lowest BCUT2D eigenvalue weighted by molar-refractivity contribution is 0.0833. The fraction of sp³-hybridized carbons (Fsp3) is 0.731. The Kier molecular flexibility index (Phi) is 10.1. The average molecular weight is 463 g/mol. The molecule has 2 fully saturated rings. The Morgan fingerprint density at radius 2 is 1.91 bits per heavy atom. The summed E-state index contributed by atoms with van der Waals surface area (Å²) < 4.78 is 22.3. The van der Waals surface area contributed by atoms with Gasteiger partial charge in [0.2, 0.25) is 0 Å². The van der Waals surface area contributed by atoms with E-state index in [1.54, 1.807) is 14.2 Å². The smallest absolute Gasteiger partial charge is 0.407 e. The molecule has 0 bridgehead atoms. The van der Waals surface area contributed by atoms with Crippen LogP contribution in [-0.2, 0) is 15.9 Å². The lowest BCUT2D eigenvalue weighted by Crippen LogP contribution is -2.43. The van der Waals surface area contributed by atoms with Crippen molar-refractivity contribution in [2.75, 3.05) is 47.1 Å². The van der Waals surface area contributed by atoms with Crippen molar-refractivity contribution in [1.82, 2.24) is 10.2 Å². The van der Waals surface area contributed by atoms with E-state index >= 15 is 0 Å². The van der Waals surface area contributed by atoms with Gasteiger partial charge in [-0.2, -0.15) is 0 Å². The van der Waals surface area contributed by atoms with Crippen molar-refractivity contribution in [3.8, 4) is 11.5 Å². The lowest BCUT2D eigenvalue weighted by atomic mass is 9.83. The number of rotatable bonds is 13. The summed E-state index contributed by atoms with van der Waals surface area (Å²) in [6.07, 6.45) is 6.07. The van der Waals surface area contributed by atoms with Gasteiger partial charge in [-0.3, -0.25) is 4.90 Å². The molecule has 0 saturated carbocycles. The molecule has 7 heteroatoms. The van der Waals surface area contributed by atoms with Crippen LogP contribution in [0.3, 0.4) is 0 Å². The van der Waals surface area contributed by atoms with Crippen molar-refractivity contribution in [3.05, 3.63) is 23.8 Å². The second-order valence-corrected chi connectivity index (χ2v) is 9.68. The average Bonchev–Trinajstić information content (AvgIpc) is 3.15. The first-order chi connectivity index (χ1) is 16.0. The molecule has 2 aliphatic heterocycles. The van der Waals surface area contributed by atoms with Crippen LogP contribution in [-0.4, -0.2) is 70.2 Å². The number of nitrogens with one attached hydrogen (secondary N) is 1. The number of alkyl carbamates (subject to hydrolysis) is 1. The number of likely N-dealkylation sites (tertiary alicyclic amines) is 1. The Balaban J connectivity index is 1.64. The molecule has 0 aliphatic carbocycles. The number of carbonyl (C=O) groups is 1. The van der Waals surface area contributed by atoms with E-state index in [1.807, 2.05) is 6.07 Å². The predicted octanol–water partition coefficient (Wildman–Crippen LogP) is 4.28. The van der Waals surface area contributed by atoms with E-state index in [1.165, 1.54) is 24.8 Å². The zero-order valence-electron chi connectivity index (χ0n) is 20.8. The SMILES string of the molecule is COCCCOc1cc(C[C@@H](C[C@@H]2NC(=O)O[C@H]2CN2CCCCC2)C(C)C)ccc1OC. The normalized spacial score (nSPS) is 22.2. The van der Waals surface area contributed by atoms with Crippen LogP contribution in [0.1, 0.15) is 51.5 Å². The monoisotopic (exact) mass is 462 g/mol. The summed E-state index contributed by atoms with van der Waals surface area (Å²) in [6.45, 7) is 8.81. The lowest BCUT2D eigenvalue weighted by Gasteiger charge is -2.31. The van der Waals surface area contributed by atoms with Gasteiger partial charge < -0.3 is 24.3 Å². The molecular formula is C26H42N2O5. The number of piperidine rings is 1. The molecule has 3 atom stereocenters. The number of benzene rings is 1. The van der Waals surface area contributed by atoms with Crippen LogP contribution in [0.4, 0.5) is 4.79 Å². The van der Waals surface area contributed by atoms with Gasteiger partial charge in [0.05, 0.1) is 19.8 Å². The number of amides is 1. The third-order valence-electron chi connectivity index (χ3n) is 6.87. The highest BCUT2D eigenvalue weighted by atomic mass is 16.6.